The van der Waals surface area contributed by atoms with Gasteiger partial charge in [0.15, 0.2) is 0 Å². The number of aliphatic hydroxyl groups excluding tert-OH is 3. The van der Waals surface area contributed by atoms with Gasteiger partial charge in [0.2, 0.25) is 5.79 Å². The molecular weight excluding hydrogens is 750 g/mol. The van der Waals surface area contributed by atoms with Gasteiger partial charge in [-0.3, -0.25) is 14.4 Å². The van der Waals surface area contributed by atoms with Gasteiger partial charge in [0.25, 0.3) is 11.7 Å². The first-order valence-corrected chi connectivity index (χ1v) is 21.0. The number of rotatable bonds is 7. The molecule has 14 nitrogen and oxygen atoms in total. The lowest BCUT2D eigenvalue weighted by atomic mass is 9.78. The van der Waals surface area contributed by atoms with Gasteiger partial charge >= 0.3 is 5.97 Å². The fourth-order valence-corrected chi connectivity index (χ4v) is 9.51. The van der Waals surface area contributed by atoms with E-state index in [1.165, 1.54) is 19.1 Å². The van der Waals surface area contributed by atoms with E-state index < -0.39 is 83.9 Å². The van der Waals surface area contributed by atoms with Crippen molar-refractivity contribution in [3.63, 3.8) is 0 Å². The van der Waals surface area contributed by atoms with Crippen LogP contribution < -0.4 is 0 Å². The van der Waals surface area contributed by atoms with Crippen LogP contribution in [-0.4, -0.2) is 130 Å². The first-order chi connectivity index (χ1) is 27.0. The van der Waals surface area contributed by atoms with Crippen LogP contribution in [0.5, 0.6) is 0 Å². The summed E-state index contributed by atoms with van der Waals surface area (Å²) in [7, 11) is 3.04. The summed E-state index contributed by atoms with van der Waals surface area (Å²) in [4.78, 5) is 57.8. The molecule has 3 heterocycles. The minimum atomic E-state index is -2.52. The van der Waals surface area contributed by atoms with E-state index in [0.29, 0.717) is 56.9 Å². The summed E-state index contributed by atoms with van der Waals surface area (Å²) in [5.74, 6) is -8.19. The molecule has 0 spiro atoms. The zero-order valence-electron chi connectivity index (χ0n) is 35.6. The van der Waals surface area contributed by atoms with E-state index in [1.54, 1.807) is 26.8 Å². The Morgan fingerprint density at radius 3 is 2.29 bits per heavy atom. The number of allylic oxidation sites excluding steroid dienone is 4. The Hall–Kier alpha value is -2.82. The molecule has 2 saturated heterocycles. The number of carbonyl (C=O) groups is 4. The Balaban J connectivity index is 0.00000900. The molecule has 4 aliphatic rings. The van der Waals surface area contributed by atoms with E-state index in [0.717, 1.165) is 5.57 Å². The number of hydrogen-bond donors (Lipinski definition) is 4. The standard InChI is InChI=1S/C44H69NO12.H2O/c1-9-12-31-18-25(2)17-26(3)19-37(54-7)40-38(55-8)21-28(5)44(53,57-40)41(50)42(51)45-16-11-10-13-33(45)43(52)56-39(29(6)35(48)23-36(31)49)27(4)20-30-14-15-34(47)32(22-30)24-46;/h9,18,20,26,28-35,37-40,46-48,53H,1,10-17,19,21-24H2,2-8H3;1H2/b25-18+,27-20+;/t26-,28+,29+,30-,31+,32-,33-,34+,35?,37-,38-,39+,40+,44+;/m0./s1. The molecule has 1 aliphatic carbocycles. The number of methoxy groups -OCH3 is 2. The molecule has 14 atom stereocenters. The molecule has 330 valence electrons. The number of ether oxygens (including phenoxy) is 4. The predicted octanol–water partition coefficient (Wildman–Crippen LogP) is 3.41. The second kappa shape index (κ2) is 22.1. The monoisotopic (exact) mass is 821 g/mol. The Labute approximate surface area is 344 Å². The highest BCUT2D eigenvalue weighted by molar-refractivity contribution is 6.39. The summed E-state index contributed by atoms with van der Waals surface area (Å²) in [6.07, 6.45) is 5.00. The number of aliphatic hydroxyl groups is 4. The van der Waals surface area contributed by atoms with Gasteiger partial charge in [0.05, 0.1) is 24.4 Å². The van der Waals surface area contributed by atoms with E-state index in [9.17, 15) is 39.6 Å². The van der Waals surface area contributed by atoms with Crippen LogP contribution in [0.15, 0.2) is 36.0 Å². The number of carbonyl (C=O) groups excluding carboxylic acids is 4. The molecule has 14 heteroatoms. The van der Waals surface area contributed by atoms with Gasteiger partial charge < -0.3 is 49.7 Å². The first kappa shape index (κ1) is 49.5. The van der Waals surface area contributed by atoms with Gasteiger partial charge in [0, 0.05) is 57.5 Å². The number of ketones is 2. The number of piperidine rings is 1. The highest BCUT2D eigenvalue weighted by Crippen LogP contribution is 2.39. The molecule has 1 saturated carbocycles. The third-order valence-corrected chi connectivity index (χ3v) is 13.0. The molecule has 0 aromatic rings. The van der Waals surface area contributed by atoms with Crippen molar-refractivity contribution in [3.8, 4) is 0 Å². The summed E-state index contributed by atoms with van der Waals surface area (Å²) in [6, 6.07) is -1.16. The smallest absolute Gasteiger partial charge is 0.329 e. The SMILES string of the molecule is C=CC[C@@H]1/C=C(\C)C[C@H](C)C[C@H](OC)[C@H]2O[C@@](O)(C(=O)C(=O)N3CCCC[C@H]3C(=O)O[C@H](/C(C)=C/[C@@H]3CC[C@@H](O)[C@H](CO)C3)[C@H](C)C(O)CC1=O)[C@H](C)C[C@@H]2OC.O. The van der Waals surface area contributed by atoms with Gasteiger partial charge in [-0.2, -0.15) is 0 Å². The molecule has 58 heavy (non-hydrogen) atoms. The second-order valence-corrected chi connectivity index (χ2v) is 17.4. The van der Waals surface area contributed by atoms with Crippen molar-refractivity contribution < 1.29 is 64.0 Å². The molecule has 3 fully saturated rings. The third kappa shape index (κ3) is 11.7. The van der Waals surface area contributed by atoms with E-state index in [1.807, 2.05) is 26.0 Å². The summed E-state index contributed by atoms with van der Waals surface area (Å²) in [5.41, 5.74) is 1.58. The van der Waals surface area contributed by atoms with Crippen LogP contribution in [0.2, 0.25) is 0 Å². The number of nitrogens with zero attached hydrogens (tertiary/aromatic N) is 1. The van der Waals surface area contributed by atoms with Crippen LogP contribution in [0, 0.1) is 35.5 Å². The average Bonchev–Trinajstić information content (AvgIpc) is 3.18. The van der Waals surface area contributed by atoms with Gasteiger partial charge in [-0.15, -0.1) is 6.58 Å². The molecule has 0 aromatic carbocycles. The van der Waals surface area contributed by atoms with Crippen LogP contribution in [0.4, 0.5) is 0 Å². The zero-order valence-corrected chi connectivity index (χ0v) is 35.6. The number of Topliss-reactive ketones (excluding diaryl/α,β-unsaturated/α-hetero) is 2. The van der Waals surface area contributed by atoms with Gasteiger partial charge in [-0.1, -0.05) is 44.6 Å². The van der Waals surface area contributed by atoms with Crippen molar-refractivity contribution >= 4 is 23.4 Å². The largest absolute Gasteiger partial charge is 0.456 e. The average molecular weight is 822 g/mol. The van der Waals surface area contributed by atoms with Crippen molar-refractivity contribution in [1.29, 1.82) is 0 Å². The predicted molar refractivity (Wildman–Crippen MR) is 216 cm³/mol. The Kier molecular flexibility index (Phi) is 18.9. The molecule has 4 rings (SSSR count). The number of cyclic esters (lactones) is 1. The van der Waals surface area contributed by atoms with E-state index >= 15 is 0 Å². The van der Waals surface area contributed by atoms with Crippen molar-refractivity contribution in [2.75, 3.05) is 27.4 Å². The van der Waals surface area contributed by atoms with Crippen LogP contribution in [0.3, 0.4) is 0 Å². The second-order valence-electron chi connectivity index (χ2n) is 17.4. The quantitative estimate of drug-likeness (QED) is 0.165. The van der Waals surface area contributed by atoms with Crippen molar-refractivity contribution in [3.05, 3.63) is 36.0 Å². The summed E-state index contributed by atoms with van der Waals surface area (Å²) < 4.78 is 24.2. The van der Waals surface area contributed by atoms with E-state index in [4.69, 9.17) is 18.9 Å². The normalized spacial score (nSPS) is 40.3. The summed E-state index contributed by atoms with van der Waals surface area (Å²) in [5, 5.41) is 44.0. The van der Waals surface area contributed by atoms with Crippen LogP contribution >= 0.6 is 0 Å². The maximum atomic E-state index is 14.3. The maximum Gasteiger partial charge on any atom is 0.329 e. The fraction of sp³-hybridized carbons (Fsp3) is 0.773. The molecule has 2 bridgehead atoms. The summed E-state index contributed by atoms with van der Waals surface area (Å²) in [6.45, 7) is 12.9. The van der Waals surface area contributed by atoms with Crippen molar-refractivity contribution in [2.45, 2.75) is 154 Å². The molecule has 3 aliphatic heterocycles. The molecule has 0 radical (unpaired) electrons. The maximum absolute atomic E-state index is 14.3. The van der Waals surface area contributed by atoms with Crippen molar-refractivity contribution in [1.82, 2.24) is 4.90 Å². The van der Waals surface area contributed by atoms with Gasteiger partial charge in [-0.25, -0.2) is 4.79 Å². The Bertz CT molecular complexity index is 1480. The lowest BCUT2D eigenvalue weighted by Gasteiger charge is -2.47. The van der Waals surface area contributed by atoms with Crippen LogP contribution in [0.25, 0.3) is 0 Å². The van der Waals surface area contributed by atoms with Gasteiger partial charge in [-0.05, 0) is 95.5 Å². The fourth-order valence-electron chi connectivity index (χ4n) is 9.51. The van der Waals surface area contributed by atoms with Crippen molar-refractivity contribution in [2.24, 2.45) is 35.5 Å². The lowest BCUT2D eigenvalue weighted by Crippen LogP contribution is -2.64. The zero-order chi connectivity index (χ0) is 42.2. The lowest BCUT2D eigenvalue weighted by molar-refractivity contribution is -0.302. The number of esters is 1. The number of hydrogen-bond acceptors (Lipinski definition) is 12. The first-order valence-electron chi connectivity index (χ1n) is 21.0. The molecule has 0 aromatic heterocycles. The summed E-state index contributed by atoms with van der Waals surface area (Å²) >= 11 is 0. The minimum Gasteiger partial charge on any atom is -0.456 e. The topological polar surface area (TPSA) is 221 Å². The third-order valence-electron chi connectivity index (χ3n) is 13.0. The van der Waals surface area contributed by atoms with E-state index in [2.05, 4.69) is 6.58 Å². The Morgan fingerprint density at radius 1 is 0.983 bits per heavy atom. The van der Waals surface area contributed by atoms with Crippen LogP contribution in [-0.2, 0) is 38.1 Å². The minimum absolute atomic E-state index is 0. The van der Waals surface area contributed by atoms with Crippen LogP contribution in [0.1, 0.15) is 105 Å². The molecule has 1 amide bonds. The molecule has 1 unspecified atom stereocenters. The highest BCUT2D eigenvalue weighted by atomic mass is 16.7. The van der Waals surface area contributed by atoms with E-state index in [-0.39, 0.29) is 61.4 Å². The molecular formula is C44H71NO13. The number of fused-ring (bicyclic) bond motifs is 3. The molecule has 6 N–H and O–H groups in total. The Morgan fingerprint density at radius 2 is 1.66 bits per heavy atom. The highest BCUT2D eigenvalue weighted by Gasteiger charge is 2.56. The van der Waals surface area contributed by atoms with Gasteiger partial charge in [0.1, 0.15) is 24.0 Å². The number of amides is 1.